The molecule has 1 aromatic heterocycles. The zero-order valence-electron chi connectivity index (χ0n) is 16.2. The number of nitrogens with zero attached hydrogens (tertiary/aromatic N) is 2. The van der Waals surface area contributed by atoms with Crippen molar-refractivity contribution in [3.05, 3.63) is 69.6 Å². The Labute approximate surface area is 167 Å². The van der Waals surface area contributed by atoms with Crippen LogP contribution >= 0.6 is 0 Å². The van der Waals surface area contributed by atoms with Crippen LogP contribution in [-0.4, -0.2) is 34.5 Å². The average molecular weight is 407 g/mol. The summed E-state index contributed by atoms with van der Waals surface area (Å²) in [4.78, 5) is 26.5. The minimum Gasteiger partial charge on any atom is -0.352 e. The molecule has 5 nitrogen and oxygen atoms in total. The second-order valence-corrected chi connectivity index (χ2v) is 7.40. The Balaban J connectivity index is 1.52. The molecule has 0 atom stereocenters. The Hall–Kier alpha value is -2.61. The second-order valence-electron chi connectivity index (χ2n) is 7.40. The lowest BCUT2D eigenvalue weighted by Crippen LogP contribution is -2.46. The van der Waals surface area contributed by atoms with Crippen molar-refractivity contribution in [3.8, 4) is 0 Å². The smallest absolute Gasteiger partial charge is 0.352 e. The fourth-order valence-electron chi connectivity index (χ4n) is 3.57. The summed E-state index contributed by atoms with van der Waals surface area (Å²) in [6, 6.07) is 10.0. The zero-order valence-corrected chi connectivity index (χ0v) is 16.2. The summed E-state index contributed by atoms with van der Waals surface area (Å²) in [6.07, 6.45) is -2.02. The highest BCUT2D eigenvalue weighted by Crippen LogP contribution is 2.26. The molecule has 1 saturated heterocycles. The molecule has 1 amide bonds. The normalized spacial score (nSPS) is 16.0. The van der Waals surface area contributed by atoms with E-state index in [-0.39, 0.29) is 6.04 Å². The van der Waals surface area contributed by atoms with E-state index < -0.39 is 29.8 Å². The Morgan fingerprint density at radius 2 is 1.83 bits per heavy atom. The number of benzene rings is 1. The number of carbonyl (C=O) groups is 1. The molecule has 29 heavy (non-hydrogen) atoms. The lowest BCUT2D eigenvalue weighted by atomic mass is 10.0. The van der Waals surface area contributed by atoms with Crippen LogP contribution in [0, 0.1) is 6.92 Å². The number of nitrogens with one attached hydrogen (secondary N) is 1. The summed E-state index contributed by atoms with van der Waals surface area (Å²) < 4.78 is 39.3. The molecule has 0 unspecified atom stereocenters. The number of rotatable bonds is 5. The van der Waals surface area contributed by atoms with E-state index in [1.54, 1.807) is 0 Å². The van der Waals surface area contributed by atoms with Crippen molar-refractivity contribution in [2.24, 2.45) is 0 Å². The second kappa shape index (κ2) is 8.82. The van der Waals surface area contributed by atoms with E-state index in [1.807, 2.05) is 12.1 Å². The van der Waals surface area contributed by atoms with Gasteiger partial charge in [-0.25, -0.2) is 0 Å². The maximum atomic E-state index is 12.8. The van der Waals surface area contributed by atoms with Crippen molar-refractivity contribution in [1.82, 2.24) is 14.8 Å². The van der Waals surface area contributed by atoms with E-state index in [0.29, 0.717) is 0 Å². The van der Waals surface area contributed by atoms with Crippen LogP contribution in [0.1, 0.15) is 29.5 Å². The molecular formula is C21H24F3N3O2. The number of amides is 1. The monoisotopic (exact) mass is 407 g/mol. The fraction of sp³-hybridized carbons (Fsp3) is 0.429. The number of hydrogen-bond donors (Lipinski definition) is 1. The highest BCUT2D eigenvalue weighted by Gasteiger charge is 2.34. The van der Waals surface area contributed by atoms with Crippen LogP contribution in [0.3, 0.4) is 0 Å². The first kappa shape index (κ1) is 21.1. The summed E-state index contributed by atoms with van der Waals surface area (Å²) in [5.41, 5.74) is 0.0499. The van der Waals surface area contributed by atoms with E-state index >= 15 is 0 Å². The predicted octanol–water partition coefficient (Wildman–Crippen LogP) is 2.96. The third kappa shape index (κ3) is 5.47. The van der Waals surface area contributed by atoms with Gasteiger partial charge in [0.1, 0.15) is 12.1 Å². The van der Waals surface area contributed by atoms with Crippen molar-refractivity contribution in [2.75, 3.05) is 13.1 Å². The molecule has 1 aliphatic rings. The van der Waals surface area contributed by atoms with Crippen molar-refractivity contribution in [2.45, 2.75) is 45.1 Å². The number of carbonyl (C=O) groups excluding carboxylic acids is 1. The van der Waals surface area contributed by atoms with Crippen LogP contribution in [-0.2, 0) is 24.1 Å². The number of pyridine rings is 1. The Morgan fingerprint density at radius 1 is 1.14 bits per heavy atom. The summed E-state index contributed by atoms with van der Waals surface area (Å²) in [6.45, 7) is 4.16. The third-order valence-corrected chi connectivity index (χ3v) is 5.25. The number of aromatic nitrogens is 1. The highest BCUT2D eigenvalue weighted by molar-refractivity contribution is 5.76. The van der Waals surface area contributed by atoms with Crippen molar-refractivity contribution < 1.29 is 18.0 Å². The first-order valence-corrected chi connectivity index (χ1v) is 9.57. The molecule has 1 fully saturated rings. The van der Waals surface area contributed by atoms with E-state index in [4.69, 9.17) is 0 Å². The Bertz CT molecular complexity index is 916. The van der Waals surface area contributed by atoms with Gasteiger partial charge in [0.05, 0.1) is 0 Å². The SMILES string of the molecule is Cc1ccccc1CN1CCC(NC(=O)Cn2cccc(C(F)(F)F)c2=O)CC1. The molecule has 3 rings (SSSR count). The largest absolute Gasteiger partial charge is 0.421 e. The maximum absolute atomic E-state index is 12.8. The number of alkyl halides is 3. The molecule has 8 heteroatoms. The molecule has 0 radical (unpaired) electrons. The lowest BCUT2D eigenvalue weighted by Gasteiger charge is -2.32. The summed E-state index contributed by atoms with van der Waals surface area (Å²) in [5, 5.41) is 2.84. The maximum Gasteiger partial charge on any atom is 0.421 e. The number of halogens is 3. The van der Waals surface area contributed by atoms with Crippen LogP contribution in [0.5, 0.6) is 0 Å². The van der Waals surface area contributed by atoms with Crippen LogP contribution in [0.25, 0.3) is 0 Å². The van der Waals surface area contributed by atoms with Crippen LogP contribution < -0.4 is 10.9 Å². The molecule has 2 heterocycles. The molecule has 1 N–H and O–H groups in total. The van der Waals surface area contributed by atoms with Crippen LogP contribution in [0.2, 0.25) is 0 Å². The van der Waals surface area contributed by atoms with E-state index in [9.17, 15) is 22.8 Å². The Morgan fingerprint density at radius 3 is 2.48 bits per heavy atom. The first-order chi connectivity index (χ1) is 13.7. The molecule has 1 aliphatic heterocycles. The van der Waals surface area contributed by atoms with Gasteiger partial charge in [-0.15, -0.1) is 0 Å². The topological polar surface area (TPSA) is 54.3 Å². The van der Waals surface area contributed by atoms with Gasteiger partial charge in [-0.3, -0.25) is 14.5 Å². The minimum atomic E-state index is -4.74. The summed E-state index contributed by atoms with van der Waals surface area (Å²) >= 11 is 0. The van der Waals surface area contributed by atoms with Gasteiger partial charge >= 0.3 is 6.18 Å². The molecule has 0 spiro atoms. The molecule has 1 aromatic carbocycles. The van der Waals surface area contributed by atoms with Gasteiger partial charge in [0, 0.05) is 31.9 Å². The quantitative estimate of drug-likeness (QED) is 0.829. The summed E-state index contributed by atoms with van der Waals surface area (Å²) in [7, 11) is 0. The van der Waals surface area contributed by atoms with Gasteiger partial charge in [-0.1, -0.05) is 24.3 Å². The number of likely N-dealkylation sites (tertiary alicyclic amines) is 1. The lowest BCUT2D eigenvalue weighted by molar-refractivity contribution is -0.139. The molecule has 0 saturated carbocycles. The number of piperidine rings is 1. The van der Waals surface area contributed by atoms with Crippen molar-refractivity contribution >= 4 is 5.91 Å². The fourth-order valence-corrected chi connectivity index (χ4v) is 3.57. The van der Waals surface area contributed by atoms with Gasteiger partial charge in [-0.05, 0) is 43.0 Å². The van der Waals surface area contributed by atoms with Crippen LogP contribution in [0.4, 0.5) is 13.2 Å². The number of hydrogen-bond acceptors (Lipinski definition) is 3. The highest BCUT2D eigenvalue weighted by atomic mass is 19.4. The average Bonchev–Trinajstić information content (AvgIpc) is 2.66. The van der Waals surface area contributed by atoms with Gasteiger partial charge in [0.25, 0.3) is 5.56 Å². The van der Waals surface area contributed by atoms with Crippen molar-refractivity contribution in [3.63, 3.8) is 0 Å². The third-order valence-electron chi connectivity index (χ3n) is 5.25. The zero-order chi connectivity index (χ0) is 21.0. The Kier molecular flexibility index (Phi) is 6.42. The van der Waals surface area contributed by atoms with Crippen LogP contribution in [0.15, 0.2) is 47.4 Å². The molecule has 156 valence electrons. The van der Waals surface area contributed by atoms with Gasteiger partial charge < -0.3 is 9.88 Å². The first-order valence-electron chi connectivity index (χ1n) is 9.57. The van der Waals surface area contributed by atoms with E-state index in [0.717, 1.165) is 49.2 Å². The molecule has 2 aromatic rings. The van der Waals surface area contributed by atoms with E-state index in [1.165, 1.54) is 17.3 Å². The van der Waals surface area contributed by atoms with Gasteiger partial charge in [-0.2, -0.15) is 13.2 Å². The minimum absolute atomic E-state index is 0.0443. The molecule has 0 bridgehead atoms. The van der Waals surface area contributed by atoms with Gasteiger partial charge in [0.2, 0.25) is 5.91 Å². The molecule has 0 aliphatic carbocycles. The molecular weight excluding hydrogens is 383 g/mol. The van der Waals surface area contributed by atoms with Crippen molar-refractivity contribution in [1.29, 1.82) is 0 Å². The van der Waals surface area contributed by atoms with Gasteiger partial charge in [0.15, 0.2) is 0 Å². The summed E-state index contributed by atoms with van der Waals surface area (Å²) in [5.74, 6) is -0.455. The van der Waals surface area contributed by atoms with E-state index in [2.05, 4.69) is 29.3 Å². The number of aryl methyl sites for hydroxylation is 1. The standard InChI is InChI=1S/C21H24F3N3O2/c1-15-5-2-3-6-16(15)13-26-11-8-17(9-12-26)25-19(28)14-27-10-4-7-18(20(27)29)21(22,23)24/h2-7,10,17H,8-9,11-14H2,1H3,(H,25,28). The predicted molar refractivity (Wildman–Crippen MR) is 103 cm³/mol.